The van der Waals surface area contributed by atoms with Gasteiger partial charge in [0.2, 0.25) is 0 Å². The van der Waals surface area contributed by atoms with Gasteiger partial charge in [-0.2, -0.15) is 0 Å². The van der Waals surface area contributed by atoms with Crippen LogP contribution in [0.2, 0.25) is 0 Å². The second-order valence-electron chi connectivity index (χ2n) is 6.84. The molecule has 1 aliphatic rings. The molecule has 0 unspecified atom stereocenters. The van der Waals surface area contributed by atoms with Crippen LogP contribution in [0.3, 0.4) is 0 Å². The van der Waals surface area contributed by atoms with E-state index in [0.717, 1.165) is 6.54 Å². The Morgan fingerprint density at radius 3 is 2.17 bits per heavy atom. The van der Waals surface area contributed by atoms with E-state index in [1.165, 1.54) is 18.4 Å². The van der Waals surface area contributed by atoms with Crippen molar-refractivity contribution in [3.63, 3.8) is 0 Å². The number of hydrogen-bond donors (Lipinski definition) is 1. The van der Waals surface area contributed by atoms with Gasteiger partial charge in [0.25, 0.3) is 0 Å². The summed E-state index contributed by atoms with van der Waals surface area (Å²) in [5.41, 5.74) is 1.88. The highest BCUT2D eigenvalue weighted by molar-refractivity contribution is 5.31. The molecule has 1 N–H and O–H groups in total. The summed E-state index contributed by atoms with van der Waals surface area (Å²) in [6, 6.07) is 7.56. The van der Waals surface area contributed by atoms with Gasteiger partial charge in [0.15, 0.2) is 0 Å². The van der Waals surface area contributed by atoms with E-state index in [4.69, 9.17) is 0 Å². The van der Waals surface area contributed by atoms with Crippen molar-refractivity contribution in [2.45, 2.75) is 52.0 Å². The van der Waals surface area contributed by atoms with Crippen LogP contribution in [0.25, 0.3) is 0 Å². The third-order valence-electron chi connectivity index (χ3n) is 3.94. The fourth-order valence-electron chi connectivity index (χ4n) is 3.41. The van der Waals surface area contributed by atoms with Gasteiger partial charge in [0, 0.05) is 18.0 Å². The highest BCUT2D eigenvalue weighted by Gasteiger charge is 2.49. The van der Waals surface area contributed by atoms with Crippen LogP contribution in [0.5, 0.6) is 0 Å². The molecule has 0 amide bonds. The molecule has 2 rings (SSSR count). The normalized spacial score (nSPS) is 20.8. The Kier molecular flexibility index (Phi) is 3.50. The van der Waals surface area contributed by atoms with Gasteiger partial charge in [0.05, 0.1) is 0 Å². The number of hydrogen-bond acceptors (Lipinski definition) is 1. The van der Waals surface area contributed by atoms with E-state index in [1.54, 1.807) is 12.1 Å². The lowest BCUT2D eigenvalue weighted by Crippen LogP contribution is -2.53. The molecule has 0 atom stereocenters. The van der Waals surface area contributed by atoms with Crippen LogP contribution >= 0.6 is 0 Å². The van der Waals surface area contributed by atoms with Crippen LogP contribution in [-0.2, 0) is 5.41 Å². The number of rotatable bonds is 4. The maximum atomic E-state index is 13.0. The van der Waals surface area contributed by atoms with Crippen molar-refractivity contribution in [1.29, 1.82) is 0 Å². The molecular weight excluding hydrogens is 225 g/mol. The largest absolute Gasteiger partial charge is 0.314 e. The van der Waals surface area contributed by atoms with E-state index in [-0.39, 0.29) is 11.2 Å². The Morgan fingerprint density at radius 2 is 1.72 bits per heavy atom. The number of benzene rings is 1. The minimum Gasteiger partial charge on any atom is -0.314 e. The van der Waals surface area contributed by atoms with Crippen molar-refractivity contribution in [1.82, 2.24) is 5.32 Å². The van der Waals surface area contributed by atoms with E-state index in [2.05, 4.69) is 33.0 Å². The first kappa shape index (κ1) is 13.5. The number of halogens is 1. The first-order valence-corrected chi connectivity index (χ1v) is 6.83. The first-order valence-electron chi connectivity index (χ1n) is 6.83. The molecule has 100 valence electrons. The van der Waals surface area contributed by atoms with E-state index in [0.29, 0.717) is 11.5 Å². The Labute approximate surface area is 110 Å². The summed E-state index contributed by atoms with van der Waals surface area (Å²) in [5.74, 6) is -0.149. The van der Waals surface area contributed by atoms with Crippen molar-refractivity contribution in [2.75, 3.05) is 6.54 Å². The SMILES string of the molecule is CC(C)NCC1(c2ccc(F)cc2)CC(C)(C)C1. The molecule has 1 aromatic carbocycles. The molecule has 0 saturated heterocycles. The molecule has 1 saturated carbocycles. The quantitative estimate of drug-likeness (QED) is 0.854. The Balaban J connectivity index is 2.18. The summed E-state index contributed by atoms with van der Waals surface area (Å²) >= 11 is 0. The zero-order valence-electron chi connectivity index (χ0n) is 11.9. The molecule has 2 heteroatoms. The predicted octanol–water partition coefficient (Wildman–Crippen LogP) is 3.88. The highest BCUT2D eigenvalue weighted by Crippen LogP contribution is 2.55. The third-order valence-corrected chi connectivity index (χ3v) is 3.94. The highest BCUT2D eigenvalue weighted by atomic mass is 19.1. The Hall–Kier alpha value is -0.890. The predicted molar refractivity (Wildman–Crippen MR) is 74.2 cm³/mol. The fourth-order valence-corrected chi connectivity index (χ4v) is 3.41. The molecule has 1 nitrogen and oxygen atoms in total. The first-order chi connectivity index (χ1) is 8.33. The Morgan fingerprint density at radius 1 is 1.17 bits per heavy atom. The molecule has 0 radical (unpaired) electrons. The Bertz CT molecular complexity index is 398. The standard InChI is InChI=1S/C16H24FN/c1-12(2)18-11-16(9-15(3,4)10-16)13-5-7-14(17)8-6-13/h5-8,12,18H,9-11H2,1-4H3. The van der Waals surface area contributed by atoms with Gasteiger partial charge in [-0.25, -0.2) is 4.39 Å². The molecule has 0 aromatic heterocycles. The monoisotopic (exact) mass is 249 g/mol. The molecule has 1 fully saturated rings. The van der Waals surface area contributed by atoms with E-state index in [1.807, 2.05) is 12.1 Å². The zero-order chi connectivity index (χ0) is 13.4. The van der Waals surface area contributed by atoms with Gasteiger partial charge in [0.1, 0.15) is 5.82 Å². The van der Waals surface area contributed by atoms with Crippen molar-refractivity contribution < 1.29 is 4.39 Å². The summed E-state index contributed by atoms with van der Waals surface area (Å²) in [4.78, 5) is 0. The van der Waals surface area contributed by atoms with Gasteiger partial charge in [-0.1, -0.05) is 39.8 Å². The van der Waals surface area contributed by atoms with Crippen LogP contribution in [0, 0.1) is 11.2 Å². The smallest absolute Gasteiger partial charge is 0.123 e. The average Bonchev–Trinajstić information content (AvgIpc) is 2.24. The minimum atomic E-state index is -0.149. The zero-order valence-corrected chi connectivity index (χ0v) is 11.9. The molecule has 0 aliphatic heterocycles. The summed E-state index contributed by atoms with van der Waals surface area (Å²) in [7, 11) is 0. The third kappa shape index (κ3) is 2.74. The molecule has 0 heterocycles. The van der Waals surface area contributed by atoms with Crippen molar-refractivity contribution in [3.8, 4) is 0 Å². The van der Waals surface area contributed by atoms with Crippen LogP contribution < -0.4 is 5.32 Å². The second kappa shape index (κ2) is 4.65. The van der Waals surface area contributed by atoms with Crippen LogP contribution in [-0.4, -0.2) is 12.6 Å². The fraction of sp³-hybridized carbons (Fsp3) is 0.625. The average molecular weight is 249 g/mol. The lowest BCUT2D eigenvalue weighted by molar-refractivity contribution is 0.0547. The molecule has 1 aliphatic carbocycles. The van der Waals surface area contributed by atoms with Gasteiger partial charge in [-0.3, -0.25) is 0 Å². The second-order valence-corrected chi connectivity index (χ2v) is 6.84. The van der Waals surface area contributed by atoms with Gasteiger partial charge >= 0.3 is 0 Å². The summed E-state index contributed by atoms with van der Waals surface area (Å²) in [6.45, 7) is 9.94. The van der Waals surface area contributed by atoms with E-state index >= 15 is 0 Å². The van der Waals surface area contributed by atoms with Gasteiger partial charge < -0.3 is 5.32 Å². The molecular formula is C16H24FN. The maximum absolute atomic E-state index is 13.0. The molecule has 18 heavy (non-hydrogen) atoms. The van der Waals surface area contributed by atoms with Crippen molar-refractivity contribution >= 4 is 0 Å². The van der Waals surface area contributed by atoms with E-state index in [9.17, 15) is 4.39 Å². The van der Waals surface area contributed by atoms with E-state index < -0.39 is 0 Å². The van der Waals surface area contributed by atoms with Crippen LogP contribution in [0.4, 0.5) is 4.39 Å². The van der Waals surface area contributed by atoms with Gasteiger partial charge in [-0.15, -0.1) is 0 Å². The minimum absolute atomic E-state index is 0.149. The molecule has 0 spiro atoms. The molecule has 1 aromatic rings. The lowest BCUT2D eigenvalue weighted by Gasteiger charge is -2.54. The van der Waals surface area contributed by atoms with Gasteiger partial charge in [-0.05, 0) is 36.0 Å². The maximum Gasteiger partial charge on any atom is 0.123 e. The van der Waals surface area contributed by atoms with Crippen LogP contribution in [0.1, 0.15) is 46.1 Å². The van der Waals surface area contributed by atoms with Crippen molar-refractivity contribution in [2.24, 2.45) is 5.41 Å². The topological polar surface area (TPSA) is 12.0 Å². The van der Waals surface area contributed by atoms with Crippen molar-refractivity contribution in [3.05, 3.63) is 35.6 Å². The van der Waals surface area contributed by atoms with Crippen LogP contribution in [0.15, 0.2) is 24.3 Å². The summed E-state index contributed by atoms with van der Waals surface area (Å²) in [6.07, 6.45) is 2.34. The number of nitrogens with one attached hydrogen (secondary N) is 1. The lowest BCUT2D eigenvalue weighted by atomic mass is 9.52. The summed E-state index contributed by atoms with van der Waals surface area (Å²) in [5, 5.41) is 3.55. The molecule has 0 bridgehead atoms. The summed E-state index contributed by atoms with van der Waals surface area (Å²) < 4.78 is 13.0.